The van der Waals surface area contributed by atoms with E-state index in [2.05, 4.69) is 29.1 Å². The van der Waals surface area contributed by atoms with E-state index in [1.165, 1.54) is 6.42 Å². The van der Waals surface area contributed by atoms with Crippen LogP contribution in [0.25, 0.3) is 0 Å². The molecule has 1 atom stereocenters. The molecule has 0 saturated carbocycles. The second kappa shape index (κ2) is 5.34. The van der Waals surface area contributed by atoms with Gasteiger partial charge in [-0.3, -0.25) is 4.99 Å². The van der Waals surface area contributed by atoms with Crippen molar-refractivity contribution in [3.05, 3.63) is 17.3 Å². The lowest BCUT2D eigenvalue weighted by atomic mass is 9.96. The molecule has 1 saturated heterocycles. The topological polar surface area (TPSA) is 50.4 Å². The van der Waals surface area contributed by atoms with Crippen LogP contribution in [0.3, 0.4) is 0 Å². The van der Waals surface area contributed by atoms with Crippen molar-refractivity contribution in [3.63, 3.8) is 0 Å². The zero-order valence-electron chi connectivity index (χ0n) is 11.5. The molecule has 1 aliphatic heterocycles. The summed E-state index contributed by atoms with van der Waals surface area (Å²) in [5.41, 5.74) is 1.14. The van der Waals surface area contributed by atoms with Gasteiger partial charge in [-0.05, 0) is 33.6 Å². The van der Waals surface area contributed by atoms with Crippen LogP contribution in [0.1, 0.15) is 44.0 Å². The van der Waals surface area contributed by atoms with Gasteiger partial charge >= 0.3 is 0 Å². The van der Waals surface area contributed by atoms with Crippen LogP contribution in [0.2, 0.25) is 0 Å². The lowest BCUT2D eigenvalue weighted by Crippen LogP contribution is -2.48. The van der Waals surface area contributed by atoms with Crippen molar-refractivity contribution in [2.75, 3.05) is 5.75 Å². The molecule has 0 aliphatic carbocycles. The highest BCUT2D eigenvalue weighted by atomic mass is 32.2. The van der Waals surface area contributed by atoms with E-state index in [4.69, 9.17) is 4.42 Å². The van der Waals surface area contributed by atoms with Gasteiger partial charge < -0.3 is 9.73 Å². The number of aromatic nitrogens is 1. The number of oxazole rings is 1. The van der Waals surface area contributed by atoms with Gasteiger partial charge in [-0.1, -0.05) is 18.7 Å². The quantitative estimate of drug-likeness (QED) is 0.914. The summed E-state index contributed by atoms with van der Waals surface area (Å²) in [6.45, 7) is 8.87. The summed E-state index contributed by atoms with van der Waals surface area (Å²) in [4.78, 5) is 8.90. The van der Waals surface area contributed by atoms with E-state index in [1.807, 2.05) is 13.8 Å². The molecule has 2 rings (SSSR count). The van der Waals surface area contributed by atoms with Gasteiger partial charge in [0.05, 0.1) is 5.69 Å². The lowest BCUT2D eigenvalue weighted by Gasteiger charge is -2.35. The van der Waals surface area contributed by atoms with Crippen molar-refractivity contribution in [2.45, 2.75) is 52.6 Å². The van der Waals surface area contributed by atoms with Gasteiger partial charge in [0.25, 0.3) is 0 Å². The molecule has 0 aromatic carbocycles. The molecule has 0 spiro atoms. The number of hydrogen-bond donors (Lipinski definition) is 1. The first kappa shape index (κ1) is 13.5. The number of aryl methyl sites for hydroxylation is 2. The molecule has 18 heavy (non-hydrogen) atoms. The minimum absolute atomic E-state index is 0.187. The molecular formula is C13H21N3OS. The summed E-state index contributed by atoms with van der Waals surface area (Å²) in [7, 11) is 0. The Labute approximate surface area is 113 Å². The zero-order valence-corrected chi connectivity index (χ0v) is 12.4. The first-order chi connectivity index (χ1) is 8.52. The summed E-state index contributed by atoms with van der Waals surface area (Å²) in [5.74, 6) is 2.70. The third-order valence-corrected chi connectivity index (χ3v) is 4.43. The molecule has 1 aromatic rings. The third-order valence-electron chi connectivity index (χ3n) is 3.51. The molecule has 1 fully saturated rings. The molecule has 1 aromatic heterocycles. The Kier molecular flexibility index (Phi) is 4.00. The fourth-order valence-electron chi connectivity index (χ4n) is 1.83. The molecule has 2 heterocycles. The zero-order chi connectivity index (χ0) is 13.2. The maximum absolute atomic E-state index is 5.53. The van der Waals surface area contributed by atoms with E-state index < -0.39 is 0 Å². The number of rotatable bonds is 3. The molecule has 0 radical (unpaired) electrons. The molecule has 1 N–H and O–H groups in total. The second-order valence-corrected chi connectivity index (χ2v) is 6.09. The third kappa shape index (κ3) is 3.07. The molecule has 0 bridgehead atoms. The van der Waals surface area contributed by atoms with Gasteiger partial charge in [-0.25, -0.2) is 4.98 Å². The first-order valence-corrected chi connectivity index (χ1v) is 7.39. The van der Waals surface area contributed by atoms with Gasteiger partial charge in [0.1, 0.15) is 12.3 Å². The Hall–Kier alpha value is -0.970. The van der Waals surface area contributed by atoms with Crippen molar-refractivity contribution < 1.29 is 4.42 Å². The Morgan fingerprint density at radius 2 is 2.28 bits per heavy atom. The van der Waals surface area contributed by atoms with Gasteiger partial charge in [-0.15, -0.1) is 0 Å². The maximum Gasteiger partial charge on any atom is 0.216 e. The summed E-state index contributed by atoms with van der Waals surface area (Å²) < 4.78 is 5.53. The number of thioether (sulfide) groups is 1. The van der Waals surface area contributed by atoms with Crippen LogP contribution < -0.4 is 5.32 Å². The fraction of sp³-hybridized carbons (Fsp3) is 0.692. The molecule has 4 nitrogen and oxygen atoms in total. The van der Waals surface area contributed by atoms with Gasteiger partial charge in [0.2, 0.25) is 5.89 Å². The first-order valence-electron chi connectivity index (χ1n) is 6.41. The van der Waals surface area contributed by atoms with E-state index in [0.29, 0.717) is 12.4 Å². The van der Waals surface area contributed by atoms with Crippen LogP contribution in [0.5, 0.6) is 0 Å². The molecule has 1 unspecified atom stereocenters. The van der Waals surface area contributed by atoms with Crippen LogP contribution in [-0.2, 0) is 6.54 Å². The second-order valence-electron chi connectivity index (χ2n) is 5.01. The maximum atomic E-state index is 5.53. The average molecular weight is 267 g/mol. The minimum Gasteiger partial charge on any atom is -0.444 e. The number of nitrogens with zero attached hydrogens (tertiary/aromatic N) is 2. The molecule has 1 aliphatic rings. The summed E-state index contributed by atoms with van der Waals surface area (Å²) >= 11 is 1.78. The van der Waals surface area contributed by atoms with E-state index in [9.17, 15) is 0 Å². The van der Waals surface area contributed by atoms with Gasteiger partial charge in [0, 0.05) is 11.3 Å². The van der Waals surface area contributed by atoms with Gasteiger partial charge in [0.15, 0.2) is 5.17 Å². The summed E-state index contributed by atoms with van der Waals surface area (Å²) in [6, 6.07) is 0. The number of nitrogens with one attached hydrogen (secondary N) is 1. The number of hydrogen-bond acceptors (Lipinski definition) is 4. The largest absolute Gasteiger partial charge is 0.444 e. The van der Waals surface area contributed by atoms with E-state index in [-0.39, 0.29) is 5.54 Å². The summed E-state index contributed by atoms with van der Waals surface area (Å²) in [5, 5.41) is 4.53. The number of aliphatic imine (C=N–C) groups is 1. The van der Waals surface area contributed by atoms with E-state index in [1.54, 1.807) is 11.8 Å². The standard InChI is InChI=1S/C13H21N3OS/c1-5-13(4)6-7-18-12(16-13)14-8-11-15-9(2)10(3)17-11/h5-8H2,1-4H3,(H,14,16). The molecule has 5 heteroatoms. The summed E-state index contributed by atoms with van der Waals surface area (Å²) in [6.07, 6.45) is 2.30. The van der Waals surface area contributed by atoms with Crippen molar-refractivity contribution in [1.29, 1.82) is 0 Å². The smallest absolute Gasteiger partial charge is 0.216 e. The predicted molar refractivity (Wildman–Crippen MR) is 76.0 cm³/mol. The molecular weight excluding hydrogens is 246 g/mol. The SMILES string of the molecule is CCC1(C)CCSC(=NCc2nc(C)c(C)o2)N1. The lowest BCUT2D eigenvalue weighted by molar-refractivity contribution is 0.389. The Balaban J connectivity index is 2.01. The van der Waals surface area contributed by atoms with Crippen molar-refractivity contribution in [3.8, 4) is 0 Å². The number of amidine groups is 1. The highest BCUT2D eigenvalue weighted by Crippen LogP contribution is 2.25. The highest BCUT2D eigenvalue weighted by Gasteiger charge is 2.27. The van der Waals surface area contributed by atoms with E-state index in [0.717, 1.165) is 28.8 Å². The van der Waals surface area contributed by atoms with Gasteiger partial charge in [-0.2, -0.15) is 0 Å². The van der Waals surface area contributed by atoms with Crippen LogP contribution in [0.4, 0.5) is 0 Å². The van der Waals surface area contributed by atoms with Crippen molar-refractivity contribution >= 4 is 16.9 Å². The minimum atomic E-state index is 0.187. The predicted octanol–water partition coefficient (Wildman–Crippen LogP) is 3.04. The normalized spacial score (nSPS) is 26.3. The monoisotopic (exact) mass is 267 g/mol. The highest BCUT2D eigenvalue weighted by molar-refractivity contribution is 8.13. The van der Waals surface area contributed by atoms with Crippen molar-refractivity contribution in [1.82, 2.24) is 10.3 Å². The fourth-order valence-corrected chi connectivity index (χ4v) is 3.05. The Morgan fingerprint density at radius 3 is 2.89 bits per heavy atom. The van der Waals surface area contributed by atoms with Crippen molar-refractivity contribution in [2.24, 2.45) is 4.99 Å². The van der Waals surface area contributed by atoms with Crippen LogP contribution in [-0.4, -0.2) is 21.4 Å². The van der Waals surface area contributed by atoms with Crippen LogP contribution in [0, 0.1) is 13.8 Å². The Bertz CT molecular complexity index is 436. The van der Waals surface area contributed by atoms with Crippen LogP contribution in [0.15, 0.2) is 9.41 Å². The molecule has 0 amide bonds. The van der Waals surface area contributed by atoms with Crippen LogP contribution >= 0.6 is 11.8 Å². The molecule has 100 valence electrons. The van der Waals surface area contributed by atoms with E-state index >= 15 is 0 Å². The average Bonchev–Trinajstić information content (AvgIpc) is 2.67. The Morgan fingerprint density at radius 1 is 1.50 bits per heavy atom.